The van der Waals surface area contributed by atoms with Crippen LogP contribution in [0.2, 0.25) is 0 Å². The number of hydrogen-bond donors (Lipinski definition) is 3. The van der Waals surface area contributed by atoms with Gasteiger partial charge in [-0.3, -0.25) is 19.7 Å². The third-order valence-corrected chi connectivity index (χ3v) is 8.39. The van der Waals surface area contributed by atoms with Crippen LogP contribution in [0.15, 0.2) is 113 Å². The molecule has 0 aliphatic carbocycles. The van der Waals surface area contributed by atoms with Crippen molar-refractivity contribution in [2.45, 2.75) is 22.6 Å². The average molecular weight is 605 g/mol. The Morgan fingerprint density at radius 3 is 2.19 bits per heavy atom. The molecule has 0 unspecified atom stereocenters. The molecule has 4 aromatic rings. The van der Waals surface area contributed by atoms with Crippen molar-refractivity contribution in [2.75, 3.05) is 22.9 Å². The number of nitro benzene ring substituents is 1. The van der Waals surface area contributed by atoms with Gasteiger partial charge in [0, 0.05) is 40.9 Å². The van der Waals surface area contributed by atoms with Crippen LogP contribution in [0.4, 0.5) is 17.1 Å². The third kappa shape index (κ3) is 8.66. The van der Waals surface area contributed by atoms with Crippen molar-refractivity contribution in [3.05, 3.63) is 124 Å². The molecule has 0 fully saturated rings. The van der Waals surface area contributed by atoms with E-state index >= 15 is 0 Å². The van der Waals surface area contributed by atoms with E-state index in [0.717, 1.165) is 16.5 Å². The second-order valence-corrected chi connectivity index (χ2v) is 11.9. The Labute approximate surface area is 247 Å². The average Bonchev–Trinajstić information content (AvgIpc) is 2.99. The highest BCUT2D eigenvalue weighted by atomic mass is 32.2. The second-order valence-electron chi connectivity index (χ2n) is 9.07. The summed E-state index contributed by atoms with van der Waals surface area (Å²) in [5, 5.41) is 17.4. The van der Waals surface area contributed by atoms with Crippen LogP contribution in [0.1, 0.15) is 22.3 Å². The number of benzene rings is 4. The lowest BCUT2D eigenvalue weighted by Crippen LogP contribution is -2.30. The van der Waals surface area contributed by atoms with Gasteiger partial charge in [0.1, 0.15) is 5.69 Å². The fraction of sp³-hybridized carbons (Fsp3) is 0.133. The fourth-order valence-electron chi connectivity index (χ4n) is 3.92. The first-order valence-electron chi connectivity index (χ1n) is 12.9. The van der Waals surface area contributed by atoms with E-state index in [1.807, 2.05) is 65.4 Å². The molecule has 3 N–H and O–H groups in total. The van der Waals surface area contributed by atoms with E-state index in [0.29, 0.717) is 24.4 Å². The SMILES string of the molecule is O=C(CCc1ccccc1)Nc1ccc(C(=O)NS(=O)(=O)c2ccc(NCCSc3ccccc3)c([N+](=O)[O-])c2)cc1. The summed E-state index contributed by atoms with van der Waals surface area (Å²) < 4.78 is 27.7. The van der Waals surface area contributed by atoms with Gasteiger partial charge in [-0.1, -0.05) is 48.5 Å². The molecular formula is C30H28N4O6S2. The number of carbonyl (C=O) groups is 2. The summed E-state index contributed by atoms with van der Waals surface area (Å²) in [6.07, 6.45) is 0.852. The van der Waals surface area contributed by atoms with E-state index < -0.39 is 31.4 Å². The number of amides is 2. The van der Waals surface area contributed by atoms with E-state index in [4.69, 9.17) is 0 Å². The van der Waals surface area contributed by atoms with Gasteiger partial charge in [0.2, 0.25) is 5.91 Å². The van der Waals surface area contributed by atoms with E-state index in [-0.39, 0.29) is 23.6 Å². The summed E-state index contributed by atoms with van der Waals surface area (Å²) in [5.74, 6) is -0.485. The topological polar surface area (TPSA) is 148 Å². The lowest BCUT2D eigenvalue weighted by molar-refractivity contribution is -0.384. The number of rotatable bonds is 13. The summed E-state index contributed by atoms with van der Waals surface area (Å²) >= 11 is 1.57. The minimum atomic E-state index is -4.41. The molecule has 0 spiro atoms. The molecule has 216 valence electrons. The number of nitrogens with one attached hydrogen (secondary N) is 3. The maximum atomic E-state index is 12.9. The minimum Gasteiger partial charge on any atom is -0.379 e. The fourth-order valence-corrected chi connectivity index (χ4v) is 5.70. The van der Waals surface area contributed by atoms with Crippen molar-refractivity contribution in [3.8, 4) is 0 Å². The van der Waals surface area contributed by atoms with Gasteiger partial charge in [0.05, 0.1) is 9.82 Å². The molecule has 42 heavy (non-hydrogen) atoms. The van der Waals surface area contributed by atoms with Crippen molar-refractivity contribution in [3.63, 3.8) is 0 Å². The first-order valence-corrected chi connectivity index (χ1v) is 15.4. The lowest BCUT2D eigenvalue weighted by Gasteiger charge is -2.11. The van der Waals surface area contributed by atoms with Gasteiger partial charge < -0.3 is 10.6 Å². The van der Waals surface area contributed by atoms with Gasteiger partial charge >= 0.3 is 0 Å². The maximum absolute atomic E-state index is 12.9. The molecule has 0 heterocycles. The van der Waals surface area contributed by atoms with Crippen LogP contribution in [0, 0.1) is 10.1 Å². The molecule has 0 aliphatic heterocycles. The normalized spacial score (nSPS) is 11.0. The lowest BCUT2D eigenvalue weighted by atomic mass is 10.1. The predicted molar refractivity (Wildman–Crippen MR) is 163 cm³/mol. The highest BCUT2D eigenvalue weighted by molar-refractivity contribution is 7.99. The van der Waals surface area contributed by atoms with Crippen LogP contribution < -0.4 is 15.4 Å². The summed E-state index contributed by atoms with van der Waals surface area (Å²) in [7, 11) is -4.41. The van der Waals surface area contributed by atoms with Gasteiger partial charge in [-0.2, -0.15) is 0 Å². The molecule has 2 amide bonds. The number of sulfonamides is 1. The van der Waals surface area contributed by atoms with E-state index in [1.54, 1.807) is 11.8 Å². The molecule has 0 saturated carbocycles. The molecule has 12 heteroatoms. The summed E-state index contributed by atoms with van der Waals surface area (Å²) in [5.41, 5.74) is 1.26. The molecule has 0 aromatic heterocycles. The van der Waals surface area contributed by atoms with Crippen molar-refractivity contribution >= 4 is 50.7 Å². The molecule has 10 nitrogen and oxygen atoms in total. The molecule has 4 rings (SSSR count). The number of nitrogens with zero attached hydrogens (tertiary/aromatic N) is 1. The number of aryl methyl sites for hydroxylation is 1. The predicted octanol–water partition coefficient (Wildman–Crippen LogP) is 5.49. The van der Waals surface area contributed by atoms with Crippen molar-refractivity contribution < 1.29 is 22.9 Å². The zero-order valence-corrected chi connectivity index (χ0v) is 24.0. The Morgan fingerprint density at radius 1 is 0.857 bits per heavy atom. The molecule has 0 atom stereocenters. The molecule has 0 saturated heterocycles. The Hall–Kier alpha value is -4.68. The van der Waals surface area contributed by atoms with Crippen molar-refractivity contribution in [2.24, 2.45) is 0 Å². The van der Waals surface area contributed by atoms with Crippen LogP contribution in [0.5, 0.6) is 0 Å². The summed E-state index contributed by atoms with van der Waals surface area (Å²) in [6, 6.07) is 28.4. The number of anilines is 2. The Bertz CT molecular complexity index is 1650. The van der Waals surface area contributed by atoms with E-state index in [9.17, 15) is 28.1 Å². The van der Waals surface area contributed by atoms with Gasteiger partial charge in [-0.25, -0.2) is 13.1 Å². The first-order chi connectivity index (χ1) is 20.2. The highest BCUT2D eigenvalue weighted by Crippen LogP contribution is 2.28. The highest BCUT2D eigenvalue weighted by Gasteiger charge is 2.24. The van der Waals surface area contributed by atoms with Crippen molar-refractivity contribution in [1.29, 1.82) is 0 Å². The summed E-state index contributed by atoms with van der Waals surface area (Å²) in [6.45, 7) is 0.409. The monoisotopic (exact) mass is 604 g/mol. The van der Waals surface area contributed by atoms with Crippen molar-refractivity contribution in [1.82, 2.24) is 4.72 Å². The van der Waals surface area contributed by atoms with Crippen LogP contribution in [-0.4, -0.2) is 37.5 Å². The molecule has 0 bridgehead atoms. The van der Waals surface area contributed by atoms with E-state index in [1.165, 1.54) is 36.4 Å². The third-order valence-electron chi connectivity index (χ3n) is 6.05. The maximum Gasteiger partial charge on any atom is 0.293 e. The van der Waals surface area contributed by atoms with Crippen LogP contribution in [0.25, 0.3) is 0 Å². The number of nitro groups is 1. The number of thioether (sulfide) groups is 1. The molecule has 4 aromatic carbocycles. The number of carbonyl (C=O) groups excluding carboxylic acids is 2. The standard InChI is InChI=1S/C30H28N4O6S2/c35-29(18-11-22-7-3-1-4-8-22)32-24-14-12-23(13-15-24)30(36)33-42(39,40)26-16-17-27(28(21-26)34(37)38)31-19-20-41-25-9-5-2-6-10-25/h1-10,12-17,21,31H,11,18-20H2,(H,32,35)(H,33,36). The van der Waals surface area contributed by atoms with Gasteiger partial charge in [-0.05, 0) is 60.5 Å². The zero-order valence-electron chi connectivity index (χ0n) is 22.4. The largest absolute Gasteiger partial charge is 0.379 e. The smallest absolute Gasteiger partial charge is 0.293 e. The van der Waals surface area contributed by atoms with Gasteiger partial charge in [-0.15, -0.1) is 11.8 Å². The van der Waals surface area contributed by atoms with Crippen LogP contribution in [0.3, 0.4) is 0 Å². The Morgan fingerprint density at radius 2 is 1.52 bits per heavy atom. The summed E-state index contributed by atoms with van der Waals surface area (Å²) in [4.78, 5) is 36.6. The molecule has 0 radical (unpaired) electrons. The Kier molecular flexibility index (Phi) is 10.3. The quantitative estimate of drug-likeness (QED) is 0.0786. The minimum absolute atomic E-state index is 0.0320. The van der Waals surface area contributed by atoms with E-state index in [2.05, 4.69) is 10.6 Å². The second kappa shape index (κ2) is 14.3. The van der Waals surface area contributed by atoms with Gasteiger partial charge in [0.25, 0.3) is 21.6 Å². The molecule has 0 aliphatic rings. The van der Waals surface area contributed by atoms with Gasteiger partial charge in [0.15, 0.2) is 0 Å². The Balaban J connectivity index is 1.33. The van der Waals surface area contributed by atoms with Crippen LogP contribution in [-0.2, 0) is 21.2 Å². The molecular weight excluding hydrogens is 576 g/mol. The first kappa shape index (κ1) is 30.3. The van der Waals surface area contributed by atoms with Crippen LogP contribution >= 0.6 is 11.8 Å². The number of hydrogen-bond acceptors (Lipinski definition) is 8. The zero-order chi connectivity index (χ0) is 30.0.